The van der Waals surface area contributed by atoms with Gasteiger partial charge in [0.15, 0.2) is 0 Å². The van der Waals surface area contributed by atoms with Gasteiger partial charge in [-0.25, -0.2) is 0 Å². The Bertz CT molecular complexity index is 315. The van der Waals surface area contributed by atoms with E-state index in [1.54, 1.807) is 13.8 Å². The van der Waals surface area contributed by atoms with E-state index in [1.807, 2.05) is 0 Å². The van der Waals surface area contributed by atoms with Gasteiger partial charge in [0, 0.05) is 26.7 Å². The number of hydrogen-bond donors (Lipinski definition) is 1. The largest absolute Gasteiger partial charge is 0.389 e. The van der Waals surface area contributed by atoms with E-state index in [4.69, 9.17) is 0 Å². The van der Waals surface area contributed by atoms with Gasteiger partial charge in [0.2, 0.25) is 0 Å². The number of nitrogens with zero attached hydrogens (tertiary/aromatic N) is 2. The first kappa shape index (κ1) is 13.9. The average molecular weight is 250 g/mol. The van der Waals surface area contributed by atoms with Crippen molar-refractivity contribution in [3.05, 3.63) is 0 Å². The molecule has 1 rings (SSSR count). The first-order valence-corrected chi connectivity index (χ1v) is 7.07. The van der Waals surface area contributed by atoms with E-state index in [0.717, 1.165) is 19.3 Å². The highest BCUT2D eigenvalue weighted by Gasteiger charge is 2.30. The molecule has 0 radical (unpaired) electrons. The second kappa shape index (κ2) is 5.00. The van der Waals surface area contributed by atoms with Crippen molar-refractivity contribution in [2.24, 2.45) is 0 Å². The van der Waals surface area contributed by atoms with Crippen LogP contribution >= 0.6 is 0 Å². The number of aliphatic hydroxyl groups is 1. The van der Waals surface area contributed by atoms with Crippen LogP contribution in [0.3, 0.4) is 0 Å². The molecule has 1 saturated heterocycles. The Balaban J connectivity index is 2.68. The van der Waals surface area contributed by atoms with E-state index in [1.165, 1.54) is 15.7 Å². The fraction of sp³-hybridized carbons (Fsp3) is 1.00. The Labute approximate surface area is 98.2 Å². The Morgan fingerprint density at radius 3 is 2.19 bits per heavy atom. The van der Waals surface area contributed by atoms with Crippen LogP contribution in [0.1, 0.15) is 33.1 Å². The standard InChI is InChI=1S/C10H22N2O3S/c1-10(2,13)9-11(3)16(14,15)12-7-5-4-6-8-12/h13H,4-9H2,1-3H3. The summed E-state index contributed by atoms with van der Waals surface area (Å²) in [7, 11) is -1.87. The molecule has 0 saturated carbocycles. The van der Waals surface area contributed by atoms with Crippen molar-refractivity contribution in [1.82, 2.24) is 8.61 Å². The summed E-state index contributed by atoms with van der Waals surface area (Å²) < 4.78 is 26.9. The third-order valence-electron chi connectivity index (χ3n) is 2.64. The van der Waals surface area contributed by atoms with E-state index in [9.17, 15) is 13.5 Å². The second-order valence-corrected chi connectivity index (χ2v) is 7.07. The molecule has 1 aliphatic heterocycles. The van der Waals surface area contributed by atoms with Gasteiger partial charge in [-0.05, 0) is 26.7 Å². The summed E-state index contributed by atoms with van der Waals surface area (Å²) in [6, 6.07) is 0. The van der Waals surface area contributed by atoms with Crippen molar-refractivity contribution in [3.8, 4) is 0 Å². The molecule has 0 spiro atoms. The zero-order chi connectivity index (χ0) is 12.4. The number of piperidine rings is 1. The van der Waals surface area contributed by atoms with Crippen LogP contribution in [-0.2, 0) is 10.2 Å². The van der Waals surface area contributed by atoms with Crippen molar-refractivity contribution < 1.29 is 13.5 Å². The maximum Gasteiger partial charge on any atom is 0.281 e. The van der Waals surface area contributed by atoms with Crippen molar-refractivity contribution >= 4 is 10.2 Å². The number of rotatable bonds is 4. The SMILES string of the molecule is CN(CC(C)(C)O)S(=O)(=O)N1CCCCC1. The molecule has 16 heavy (non-hydrogen) atoms. The maximum atomic E-state index is 12.1. The van der Waals surface area contributed by atoms with E-state index in [-0.39, 0.29) is 6.54 Å². The summed E-state index contributed by atoms with van der Waals surface area (Å²) in [5.41, 5.74) is -1.00. The molecule has 1 aliphatic rings. The molecule has 0 aromatic heterocycles. The summed E-state index contributed by atoms with van der Waals surface area (Å²) >= 11 is 0. The van der Waals surface area contributed by atoms with E-state index in [0.29, 0.717) is 13.1 Å². The summed E-state index contributed by atoms with van der Waals surface area (Å²) in [4.78, 5) is 0. The highest BCUT2D eigenvalue weighted by Crippen LogP contribution is 2.17. The molecule has 0 atom stereocenters. The normalized spacial score (nSPS) is 20.3. The molecular formula is C10H22N2O3S. The Hall–Kier alpha value is -0.170. The monoisotopic (exact) mass is 250 g/mol. The molecule has 0 aromatic rings. The van der Waals surface area contributed by atoms with Gasteiger partial charge in [0.1, 0.15) is 0 Å². The van der Waals surface area contributed by atoms with Gasteiger partial charge in [0.25, 0.3) is 10.2 Å². The maximum absolute atomic E-state index is 12.1. The summed E-state index contributed by atoms with van der Waals surface area (Å²) in [5.74, 6) is 0. The molecule has 5 nitrogen and oxygen atoms in total. The molecular weight excluding hydrogens is 228 g/mol. The number of likely N-dealkylation sites (N-methyl/N-ethyl adjacent to an activating group) is 1. The third-order valence-corrected chi connectivity index (χ3v) is 4.58. The smallest absolute Gasteiger partial charge is 0.281 e. The second-order valence-electron chi connectivity index (χ2n) is 5.04. The Morgan fingerprint density at radius 1 is 1.25 bits per heavy atom. The minimum Gasteiger partial charge on any atom is -0.389 e. The summed E-state index contributed by atoms with van der Waals surface area (Å²) in [6.45, 7) is 4.52. The lowest BCUT2D eigenvalue weighted by molar-refractivity contribution is 0.0623. The van der Waals surface area contributed by atoms with Crippen LogP contribution in [-0.4, -0.2) is 54.4 Å². The highest BCUT2D eigenvalue weighted by atomic mass is 32.2. The van der Waals surface area contributed by atoms with Gasteiger partial charge in [0.05, 0.1) is 5.60 Å². The average Bonchev–Trinajstić information content (AvgIpc) is 2.16. The van der Waals surface area contributed by atoms with Gasteiger partial charge in [-0.1, -0.05) is 6.42 Å². The van der Waals surface area contributed by atoms with Crippen molar-refractivity contribution in [2.75, 3.05) is 26.7 Å². The van der Waals surface area contributed by atoms with Crippen LogP contribution in [0.5, 0.6) is 0 Å². The summed E-state index contributed by atoms with van der Waals surface area (Å²) in [6.07, 6.45) is 2.95. The fourth-order valence-corrected chi connectivity index (χ4v) is 3.51. The number of hydrogen-bond acceptors (Lipinski definition) is 3. The predicted molar refractivity (Wildman–Crippen MR) is 63.3 cm³/mol. The molecule has 0 bridgehead atoms. The van der Waals surface area contributed by atoms with Crippen molar-refractivity contribution in [3.63, 3.8) is 0 Å². The minimum atomic E-state index is -3.39. The topological polar surface area (TPSA) is 60.9 Å². The Kier molecular flexibility index (Phi) is 4.34. The highest BCUT2D eigenvalue weighted by molar-refractivity contribution is 7.86. The first-order chi connectivity index (χ1) is 7.23. The quantitative estimate of drug-likeness (QED) is 0.786. The zero-order valence-electron chi connectivity index (χ0n) is 10.3. The molecule has 6 heteroatoms. The lowest BCUT2D eigenvalue weighted by atomic mass is 10.1. The van der Waals surface area contributed by atoms with Crippen LogP contribution in [0.4, 0.5) is 0 Å². The third kappa shape index (κ3) is 3.69. The lowest BCUT2D eigenvalue weighted by Gasteiger charge is -2.32. The van der Waals surface area contributed by atoms with Crippen LogP contribution < -0.4 is 0 Å². The van der Waals surface area contributed by atoms with E-state index < -0.39 is 15.8 Å². The van der Waals surface area contributed by atoms with E-state index >= 15 is 0 Å². The van der Waals surface area contributed by atoms with Gasteiger partial charge >= 0.3 is 0 Å². The molecule has 1 fully saturated rings. The molecule has 0 aromatic carbocycles. The van der Waals surface area contributed by atoms with Crippen molar-refractivity contribution in [1.29, 1.82) is 0 Å². The molecule has 0 unspecified atom stereocenters. The van der Waals surface area contributed by atoms with Gasteiger partial charge in [-0.2, -0.15) is 17.0 Å². The molecule has 0 aliphatic carbocycles. The van der Waals surface area contributed by atoms with Crippen LogP contribution in [0.25, 0.3) is 0 Å². The summed E-state index contributed by atoms with van der Waals surface area (Å²) in [5, 5.41) is 9.63. The molecule has 0 amide bonds. The van der Waals surface area contributed by atoms with Crippen LogP contribution in [0.15, 0.2) is 0 Å². The van der Waals surface area contributed by atoms with Gasteiger partial charge in [-0.15, -0.1) is 0 Å². The molecule has 1 heterocycles. The lowest BCUT2D eigenvalue weighted by Crippen LogP contribution is -2.48. The fourth-order valence-electron chi connectivity index (χ4n) is 1.92. The molecule has 1 N–H and O–H groups in total. The van der Waals surface area contributed by atoms with Gasteiger partial charge < -0.3 is 5.11 Å². The van der Waals surface area contributed by atoms with Crippen LogP contribution in [0, 0.1) is 0 Å². The van der Waals surface area contributed by atoms with Crippen molar-refractivity contribution in [2.45, 2.75) is 38.7 Å². The van der Waals surface area contributed by atoms with E-state index in [2.05, 4.69) is 0 Å². The molecule has 96 valence electrons. The predicted octanol–water partition coefficient (Wildman–Crippen LogP) is 0.420. The Morgan fingerprint density at radius 2 is 1.75 bits per heavy atom. The first-order valence-electron chi connectivity index (χ1n) is 5.67. The van der Waals surface area contributed by atoms with Gasteiger partial charge in [-0.3, -0.25) is 0 Å². The zero-order valence-corrected chi connectivity index (χ0v) is 11.1. The van der Waals surface area contributed by atoms with Crippen LogP contribution in [0.2, 0.25) is 0 Å². The minimum absolute atomic E-state index is 0.117.